The molecule has 0 atom stereocenters. The number of alkyl halides is 3. The van der Waals surface area contributed by atoms with E-state index in [1.807, 2.05) is 0 Å². The zero-order chi connectivity index (χ0) is 17.5. The summed E-state index contributed by atoms with van der Waals surface area (Å²) < 4.78 is 52.3. The predicted molar refractivity (Wildman–Crippen MR) is 75.9 cm³/mol. The Labute approximate surface area is 138 Å². The Bertz CT molecular complexity index is 791. The lowest BCUT2D eigenvalue weighted by Gasteiger charge is -2.28. The number of fused-ring (bicyclic) bond motifs is 1. The number of carbonyl (C=O) groups is 1. The van der Waals surface area contributed by atoms with Crippen molar-refractivity contribution in [2.75, 3.05) is 11.9 Å². The van der Waals surface area contributed by atoms with E-state index in [1.54, 1.807) is 0 Å². The van der Waals surface area contributed by atoms with Crippen molar-refractivity contribution in [1.29, 1.82) is 0 Å². The van der Waals surface area contributed by atoms with Gasteiger partial charge < -0.3 is 14.8 Å². The van der Waals surface area contributed by atoms with Gasteiger partial charge in [-0.3, -0.25) is 0 Å². The lowest BCUT2D eigenvalue weighted by atomic mass is 10.3. The average Bonchev–Trinajstić information content (AvgIpc) is 2.94. The number of hydrogen-bond donors (Lipinski definition) is 1. The summed E-state index contributed by atoms with van der Waals surface area (Å²) in [7, 11) is 0. The van der Waals surface area contributed by atoms with Crippen LogP contribution in [0.1, 0.15) is 11.6 Å². The fraction of sp³-hybridized carbons (Fsp3) is 0.308. The van der Waals surface area contributed by atoms with Gasteiger partial charge in [0.15, 0.2) is 5.82 Å². The molecule has 0 unspecified atom stereocenters. The molecule has 2 heterocycles. The minimum Gasteiger partial charge on any atom is -0.315 e. The quantitative estimate of drug-likeness (QED) is 0.792. The number of aromatic nitrogens is 3. The van der Waals surface area contributed by atoms with Crippen molar-refractivity contribution in [3.8, 4) is 0 Å². The molecule has 11 heteroatoms. The molecule has 2 amide bonds. The van der Waals surface area contributed by atoms with Crippen LogP contribution in [-0.4, -0.2) is 32.2 Å². The first-order valence-electron chi connectivity index (χ1n) is 6.76. The molecule has 1 N–H and O–H groups in total. The van der Waals surface area contributed by atoms with E-state index in [1.165, 1.54) is 17.0 Å². The van der Waals surface area contributed by atoms with Crippen molar-refractivity contribution in [1.82, 2.24) is 19.7 Å². The Morgan fingerprint density at radius 3 is 2.67 bits per heavy atom. The van der Waals surface area contributed by atoms with Gasteiger partial charge >= 0.3 is 12.2 Å². The molecular weight excluding hydrogens is 354 g/mol. The maximum atomic E-state index is 13.1. The summed E-state index contributed by atoms with van der Waals surface area (Å²) in [4.78, 5) is 13.5. The van der Waals surface area contributed by atoms with Gasteiger partial charge in [0.1, 0.15) is 5.82 Å². The average molecular weight is 364 g/mol. The van der Waals surface area contributed by atoms with Crippen molar-refractivity contribution >= 4 is 23.3 Å². The van der Waals surface area contributed by atoms with E-state index < -0.39 is 23.8 Å². The highest BCUT2D eigenvalue weighted by atomic mass is 35.5. The second kappa shape index (κ2) is 5.93. The molecule has 0 saturated heterocycles. The third-order valence-electron chi connectivity index (χ3n) is 3.46. The van der Waals surface area contributed by atoms with Gasteiger partial charge in [0.25, 0.3) is 0 Å². The minimum absolute atomic E-state index is 0.0425. The van der Waals surface area contributed by atoms with E-state index in [-0.39, 0.29) is 36.2 Å². The SMILES string of the molecule is O=C(Nc1ccc(F)c(Cl)c1)N1CCn2c(nnc2C(F)(F)F)C1. The second-order valence-electron chi connectivity index (χ2n) is 5.07. The third-order valence-corrected chi connectivity index (χ3v) is 3.75. The molecular formula is C13H10ClF4N5O. The first kappa shape index (κ1) is 16.5. The summed E-state index contributed by atoms with van der Waals surface area (Å²) in [6.07, 6.45) is -4.60. The summed E-state index contributed by atoms with van der Waals surface area (Å²) in [6.45, 7) is -0.145. The van der Waals surface area contributed by atoms with Gasteiger partial charge in [-0.2, -0.15) is 13.2 Å². The van der Waals surface area contributed by atoms with Crippen LogP contribution in [0.2, 0.25) is 5.02 Å². The molecule has 0 saturated carbocycles. The molecule has 1 aromatic carbocycles. The van der Waals surface area contributed by atoms with Gasteiger partial charge in [-0.25, -0.2) is 9.18 Å². The van der Waals surface area contributed by atoms with Crippen LogP contribution in [0, 0.1) is 5.82 Å². The van der Waals surface area contributed by atoms with Crippen LogP contribution >= 0.6 is 11.6 Å². The minimum atomic E-state index is -4.60. The van der Waals surface area contributed by atoms with E-state index in [4.69, 9.17) is 11.6 Å². The van der Waals surface area contributed by atoms with Crippen LogP contribution in [0.25, 0.3) is 0 Å². The topological polar surface area (TPSA) is 63.1 Å². The Balaban J connectivity index is 1.72. The van der Waals surface area contributed by atoms with Crippen molar-refractivity contribution in [2.24, 2.45) is 0 Å². The number of halogens is 5. The first-order valence-corrected chi connectivity index (χ1v) is 7.14. The van der Waals surface area contributed by atoms with Gasteiger partial charge in [0.05, 0.1) is 11.6 Å². The number of benzene rings is 1. The Morgan fingerprint density at radius 2 is 2.00 bits per heavy atom. The highest BCUT2D eigenvalue weighted by molar-refractivity contribution is 6.31. The monoisotopic (exact) mass is 363 g/mol. The molecule has 0 spiro atoms. The highest BCUT2D eigenvalue weighted by Gasteiger charge is 2.39. The Kier molecular flexibility index (Phi) is 4.08. The molecule has 1 aromatic heterocycles. The standard InChI is InChI=1S/C13H10ClF4N5O/c14-8-5-7(1-2-9(8)15)19-12(24)22-3-4-23-10(6-22)20-21-11(23)13(16,17)18/h1-2,5H,3-4,6H2,(H,19,24). The second-order valence-corrected chi connectivity index (χ2v) is 5.48. The van der Waals surface area contributed by atoms with Crippen molar-refractivity contribution in [2.45, 2.75) is 19.3 Å². The molecule has 1 aliphatic heterocycles. The number of anilines is 1. The fourth-order valence-electron chi connectivity index (χ4n) is 2.32. The Morgan fingerprint density at radius 1 is 1.25 bits per heavy atom. The number of carbonyl (C=O) groups excluding carboxylic acids is 1. The number of hydrogen-bond acceptors (Lipinski definition) is 3. The molecule has 0 aliphatic carbocycles. The predicted octanol–water partition coefficient (Wildman–Crippen LogP) is 3.14. The van der Waals surface area contributed by atoms with E-state index in [0.29, 0.717) is 0 Å². The van der Waals surface area contributed by atoms with Crippen LogP contribution in [0.4, 0.5) is 28.0 Å². The number of urea groups is 1. The lowest BCUT2D eigenvalue weighted by molar-refractivity contribution is -0.147. The molecule has 24 heavy (non-hydrogen) atoms. The van der Waals surface area contributed by atoms with Crippen LogP contribution < -0.4 is 5.32 Å². The lowest BCUT2D eigenvalue weighted by Crippen LogP contribution is -2.41. The Hall–Kier alpha value is -2.36. The van der Waals surface area contributed by atoms with Gasteiger partial charge in [0.2, 0.25) is 5.82 Å². The van der Waals surface area contributed by atoms with Crippen LogP contribution in [0.3, 0.4) is 0 Å². The van der Waals surface area contributed by atoms with Gasteiger partial charge in [-0.1, -0.05) is 11.6 Å². The van der Waals surface area contributed by atoms with Crippen molar-refractivity contribution in [3.05, 3.63) is 40.7 Å². The fourth-order valence-corrected chi connectivity index (χ4v) is 2.50. The van der Waals surface area contributed by atoms with Gasteiger partial charge in [-0.15, -0.1) is 10.2 Å². The maximum absolute atomic E-state index is 13.1. The van der Waals surface area contributed by atoms with E-state index in [0.717, 1.165) is 10.6 Å². The summed E-state index contributed by atoms with van der Waals surface area (Å²) in [6, 6.07) is 3.11. The molecule has 2 aromatic rings. The van der Waals surface area contributed by atoms with E-state index >= 15 is 0 Å². The summed E-state index contributed by atoms with van der Waals surface area (Å²) in [5.74, 6) is -1.66. The highest BCUT2D eigenvalue weighted by Crippen LogP contribution is 2.29. The van der Waals surface area contributed by atoms with Gasteiger partial charge in [0, 0.05) is 18.8 Å². The first-order chi connectivity index (χ1) is 11.3. The number of rotatable bonds is 1. The van der Waals surface area contributed by atoms with Crippen molar-refractivity contribution < 1.29 is 22.4 Å². The number of amides is 2. The summed E-state index contributed by atoms with van der Waals surface area (Å²) in [5, 5.41) is 8.98. The van der Waals surface area contributed by atoms with E-state index in [9.17, 15) is 22.4 Å². The molecule has 6 nitrogen and oxygen atoms in total. The van der Waals surface area contributed by atoms with Crippen LogP contribution in [0.15, 0.2) is 18.2 Å². The van der Waals surface area contributed by atoms with Crippen LogP contribution in [0.5, 0.6) is 0 Å². The third kappa shape index (κ3) is 3.14. The molecule has 3 rings (SSSR count). The number of nitrogens with zero attached hydrogens (tertiary/aromatic N) is 4. The van der Waals surface area contributed by atoms with Crippen molar-refractivity contribution in [3.63, 3.8) is 0 Å². The summed E-state index contributed by atoms with van der Waals surface area (Å²) >= 11 is 5.63. The zero-order valence-corrected chi connectivity index (χ0v) is 12.7. The normalized spacial score (nSPS) is 14.5. The molecule has 0 radical (unpaired) electrons. The molecule has 0 bridgehead atoms. The largest absolute Gasteiger partial charge is 0.451 e. The van der Waals surface area contributed by atoms with E-state index in [2.05, 4.69) is 15.5 Å². The van der Waals surface area contributed by atoms with Gasteiger partial charge in [-0.05, 0) is 18.2 Å². The molecule has 128 valence electrons. The smallest absolute Gasteiger partial charge is 0.315 e. The maximum Gasteiger partial charge on any atom is 0.451 e. The molecule has 0 fully saturated rings. The summed E-state index contributed by atoms with van der Waals surface area (Å²) in [5.41, 5.74) is 0.273. The zero-order valence-electron chi connectivity index (χ0n) is 11.9. The molecule has 1 aliphatic rings. The number of nitrogens with one attached hydrogen (secondary N) is 1. The van der Waals surface area contributed by atoms with Crippen LogP contribution in [-0.2, 0) is 19.3 Å².